The lowest BCUT2D eigenvalue weighted by Crippen LogP contribution is -2.34. The first-order valence-electron chi connectivity index (χ1n) is 9.11. The SMILES string of the molecule is CCCOC(=O)CCn1ccnc1CCC(=O)N1CC[C@H](N(C)C)C1. The molecule has 1 aliphatic heterocycles. The van der Waals surface area contributed by atoms with Crippen LogP contribution in [0.5, 0.6) is 0 Å². The van der Waals surface area contributed by atoms with Crippen LogP contribution in [0.2, 0.25) is 0 Å². The molecule has 0 spiro atoms. The lowest BCUT2D eigenvalue weighted by Gasteiger charge is -2.20. The number of aromatic nitrogens is 2. The van der Waals surface area contributed by atoms with Gasteiger partial charge in [-0.05, 0) is 26.9 Å². The molecule has 1 amide bonds. The van der Waals surface area contributed by atoms with Gasteiger partial charge >= 0.3 is 5.97 Å². The highest BCUT2D eigenvalue weighted by Gasteiger charge is 2.27. The van der Waals surface area contributed by atoms with E-state index in [1.165, 1.54) is 0 Å². The van der Waals surface area contributed by atoms with Gasteiger partial charge in [-0.2, -0.15) is 0 Å². The van der Waals surface area contributed by atoms with Crippen LogP contribution in [0, 0.1) is 0 Å². The van der Waals surface area contributed by atoms with Gasteiger partial charge in [-0.25, -0.2) is 4.98 Å². The molecule has 1 aromatic heterocycles. The van der Waals surface area contributed by atoms with E-state index in [2.05, 4.69) is 24.0 Å². The lowest BCUT2D eigenvalue weighted by molar-refractivity contribution is -0.144. The second-order valence-electron chi connectivity index (χ2n) is 6.75. The summed E-state index contributed by atoms with van der Waals surface area (Å²) in [4.78, 5) is 32.5. The number of imidazole rings is 1. The molecule has 7 nitrogen and oxygen atoms in total. The molecule has 0 N–H and O–H groups in total. The van der Waals surface area contributed by atoms with Crippen molar-refractivity contribution < 1.29 is 14.3 Å². The molecule has 0 radical (unpaired) electrons. The Morgan fingerprint density at radius 2 is 2.16 bits per heavy atom. The summed E-state index contributed by atoms with van der Waals surface area (Å²) in [6, 6.07) is 0.458. The number of hydrogen-bond acceptors (Lipinski definition) is 5. The average molecular weight is 350 g/mol. The molecule has 1 fully saturated rings. The Hall–Kier alpha value is -1.89. The van der Waals surface area contributed by atoms with Gasteiger partial charge in [-0.1, -0.05) is 6.92 Å². The van der Waals surface area contributed by atoms with Crippen LogP contribution in [0.1, 0.15) is 38.4 Å². The van der Waals surface area contributed by atoms with Gasteiger partial charge in [0.15, 0.2) is 0 Å². The summed E-state index contributed by atoms with van der Waals surface area (Å²) in [5.41, 5.74) is 0. The molecular weight excluding hydrogens is 320 g/mol. The molecule has 0 saturated carbocycles. The first-order chi connectivity index (χ1) is 12.0. The quantitative estimate of drug-likeness (QED) is 0.629. The van der Waals surface area contributed by atoms with Crippen molar-refractivity contribution in [2.45, 2.75) is 51.6 Å². The second kappa shape index (κ2) is 9.56. The molecule has 2 heterocycles. The fourth-order valence-corrected chi connectivity index (χ4v) is 3.04. The van der Waals surface area contributed by atoms with Crippen molar-refractivity contribution in [3.8, 4) is 0 Å². The van der Waals surface area contributed by atoms with E-state index in [0.717, 1.165) is 31.8 Å². The second-order valence-corrected chi connectivity index (χ2v) is 6.75. The Morgan fingerprint density at radius 3 is 2.84 bits per heavy atom. The molecule has 2 rings (SSSR count). The number of likely N-dealkylation sites (tertiary alicyclic amines) is 1. The van der Waals surface area contributed by atoms with Crippen molar-refractivity contribution in [3.63, 3.8) is 0 Å². The Labute approximate surface area is 149 Å². The van der Waals surface area contributed by atoms with E-state index in [1.807, 2.05) is 22.6 Å². The minimum absolute atomic E-state index is 0.182. The van der Waals surface area contributed by atoms with E-state index in [4.69, 9.17) is 4.74 Å². The number of rotatable bonds is 9. The first-order valence-corrected chi connectivity index (χ1v) is 9.11. The van der Waals surface area contributed by atoms with Gasteiger partial charge in [0.1, 0.15) is 5.82 Å². The van der Waals surface area contributed by atoms with Crippen LogP contribution in [0.15, 0.2) is 12.4 Å². The topological polar surface area (TPSA) is 67.7 Å². The minimum atomic E-state index is -0.190. The molecular formula is C18H30N4O3. The van der Waals surface area contributed by atoms with Crippen LogP contribution in [0.3, 0.4) is 0 Å². The lowest BCUT2D eigenvalue weighted by atomic mass is 10.2. The number of nitrogens with zero attached hydrogens (tertiary/aromatic N) is 4. The number of likely N-dealkylation sites (N-methyl/N-ethyl adjacent to an activating group) is 1. The van der Waals surface area contributed by atoms with Crippen LogP contribution >= 0.6 is 0 Å². The van der Waals surface area contributed by atoms with Gasteiger partial charge in [0.2, 0.25) is 5.91 Å². The van der Waals surface area contributed by atoms with E-state index < -0.39 is 0 Å². The summed E-state index contributed by atoms with van der Waals surface area (Å²) in [5, 5.41) is 0. The zero-order chi connectivity index (χ0) is 18.2. The molecule has 1 atom stereocenters. The summed E-state index contributed by atoms with van der Waals surface area (Å²) in [6.45, 7) is 4.62. The Kier molecular flexibility index (Phi) is 7.43. The average Bonchev–Trinajstić information content (AvgIpc) is 3.25. The van der Waals surface area contributed by atoms with Crippen molar-refractivity contribution in [2.75, 3.05) is 33.8 Å². The number of carbonyl (C=O) groups excluding carboxylic acids is 2. The number of amides is 1. The molecule has 0 unspecified atom stereocenters. The Balaban J connectivity index is 1.77. The van der Waals surface area contributed by atoms with Crippen molar-refractivity contribution in [1.29, 1.82) is 0 Å². The predicted octanol–water partition coefficient (Wildman–Crippen LogP) is 1.32. The molecule has 0 bridgehead atoms. The third-order valence-electron chi connectivity index (χ3n) is 4.63. The molecule has 0 aliphatic carbocycles. The number of carbonyl (C=O) groups is 2. The zero-order valence-corrected chi connectivity index (χ0v) is 15.6. The van der Waals surface area contributed by atoms with E-state index in [0.29, 0.717) is 38.5 Å². The third kappa shape index (κ3) is 5.85. The van der Waals surface area contributed by atoms with Gasteiger partial charge in [-0.15, -0.1) is 0 Å². The fraction of sp³-hybridized carbons (Fsp3) is 0.722. The summed E-state index contributed by atoms with van der Waals surface area (Å²) < 4.78 is 7.02. The molecule has 140 valence electrons. The number of ether oxygens (including phenoxy) is 1. The van der Waals surface area contributed by atoms with Gasteiger partial charge in [0.25, 0.3) is 0 Å². The van der Waals surface area contributed by atoms with Crippen LogP contribution in [0.4, 0.5) is 0 Å². The summed E-state index contributed by atoms with van der Waals surface area (Å²) in [5.74, 6) is 0.839. The highest BCUT2D eigenvalue weighted by molar-refractivity contribution is 5.76. The largest absolute Gasteiger partial charge is 0.466 e. The van der Waals surface area contributed by atoms with Crippen molar-refractivity contribution in [3.05, 3.63) is 18.2 Å². The highest BCUT2D eigenvalue weighted by atomic mass is 16.5. The van der Waals surface area contributed by atoms with E-state index in [-0.39, 0.29) is 11.9 Å². The van der Waals surface area contributed by atoms with Gasteiger partial charge in [0, 0.05) is 50.9 Å². The molecule has 0 aromatic carbocycles. The van der Waals surface area contributed by atoms with Gasteiger partial charge in [0.05, 0.1) is 13.0 Å². The normalized spacial score (nSPS) is 17.3. The van der Waals surface area contributed by atoms with Crippen LogP contribution < -0.4 is 0 Å². The molecule has 25 heavy (non-hydrogen) atoms. The molecule has 1 aliphatic rings. The van der Waals surface area contributed by atoms with Crippen LogP contribution in [-0.4, -0.2) is 71.1 Å². The summed E-state index contributed by atoms with van der Waals surface area (Å²) >= 11 is 0. The van der Waals surface area contributed by atoms with Crippen LogP contribution in [-0.2, 0) is 27.3 Å². The van der Waals surface area contributed by atoms with E-state index in [1.54, 1.807) is 6.20 Å². The first kappa shape index (κ1) is 19.4. The highest BCUT2D eigenvalue weighted by Crippen LogP contribution is 2.15. The van der Waals surface area contributed by atoms with Crippen molar-refractivity contribution in [1.82, 2.24) is 19.4 Å². The number of aryl methyl sites for hydroxylation is 2. The summed E-state index contributed by atoms with van der Waals surface area (Å²) in [7, 11) is 4.11. The van der Waals surface area contributed by atoms with Crippen LogP contribution in [0.25, 0.3) is 0 Å². The maximum absolute atomic E-state index is 12.4. The van der Waals surface area contributed by atoms with E-state index in [9.17, 15) is 9.59 Å². The predicted molar refractivity (Wildman–Crippen MR) is 95.1 cm³/mol. The fourth-order valence-electron chi connectivity index (χ4n) is 3.04. The smallest absolute Gasteiger partial charge is 0.307 e. The standard InChI is InChI=1S/C18H30N4O3/c1-4-13-25-18(24)8-11-21-12-9-19-16(21)5-6-17(23)22-10-7-15(14-22)20(2)3/h9,12,15H,4-8,10-11,13-14H2,1-3H3/t15-/m0/s1. The van der Waals surface area contributed by atoms with Crippen molar-refractivity contribution in [2.24, 2.45) is 0 Å². The Bertz CT molecular complexity index is 570. The number of hydrogen-bond donors (Lipinski definition) is 0. The zero-order valence-electron chi connectivity index (χ0n) is 15.6. The summed E-state index contributed by atoms with van der Waals surface area (Å²) in [6.07, 6.45) is 6.81. The third-order valence-corrected chi connectivity index (χ3v) is 4.63. The van der Waals surface area contributed by atoms with Gasteiger partial charge in [-0.3, -0.25) is 9.59 Å². The monoisotopic (exact) mass is 350 g/mol. The maximum atomic E-state index is 12.4. The molecule has 1 aromatic rings. The van der Waals surface area contributed by atoms with E-state index >= 15 is 0 Å². The Morgan fingerprint density at radius 1 is 1.36 bits per heavy atom. The maximum Gasteiger partial charge on any atom is 0.307 e. The van der Waals surface area contributed by atoms with Gasteiger partial charge < -0.3 is 19.1 Å². The van der Waals surface area contributed by atoms with Crippen molar-refractivity contribution >= 4 is 11.9 Å². The minimum Gasteiger partial charge on any atom is -0.466 e. The molecule has 1 saturated heterocycles. The number of esters is 1. The molecule has 7 heteroatoms.